The second kappa shape index (κ2) is 11.0. The molecule has 0 spiro atoms. The molecule has 0 aliphatic heterocycles. The quantitative estimate of drug-likeness (QED) is 0.533. The van der Waals surface area contributed by atoms with E-state index in [1.54, 1.807) is 6.92 Å². The van der Waals surface area contributed by atoms with Gasteiger partial charge in [-0.2, -0.15) is 0 Å². The molecule has 1 heterocycles. The molecule has 0 saturated heterocycles. The Morgan fingerprint density at radius 1 is 1.11 bits per heavy atom. The van der Waals surface area contributed by atoms with E-state index in [0.29, 0.717) is 11.8 Å². The molecule has 0 fully saturated rings. The van der Waals surface area contributed by atoms with Crippen LogP contribution in [0.5, 0.6) is 0 Å². The number of nitrogen functional groups attached to an aromatic ring is 1. The molecule has 2 rings (SSSR count). The summed E-state index contributed by atoms with van der Waals surface area (Å²) in [6.45, 7) is 14.8. The van der Waals surface area contributed by atoms with E-state index in [1.807, 2.05) is 30.3 Å². The number of ketones is 1. The van der Waals surface area contributed by atoms with Crippen molar-refractivity contribution in [2.45, 2.75) is 85.5 Å². The minimum atomic E-state index is 0.125. The van der Waals surface area contributed by atoms with Crippen LogP contribution in [0.4, 0.5) is 5.88 Å². The fraction of sp³-hybridized carbons (Fsp3) is 0.583. The maximum atomic E-state index is 11.0. The highest BCUT2D eigenvalue weighted by Crippen LogP contribution is 2.28. The van der Waals surface area contributed by atoms with Crippen LogP contribution in [0.3, 0.4) is 0 Å². The van der Waals surface area contributed by atoms with Crippen molar-refractivity contribution in [3.8, 4) is 0 Å². The number of Topliss-reactive ketones (excluding diaryl/α,β-unsaturated/α-hetero) is 1. The second-order valence-corrected chi connectivity index (χ2v) is 8.99. The lowest BCUT2D eigenvalue weighted by Crippen LogP contribution is -2.10. The minimum Gasteiger partial charge on any atom is -0.368 e. The molecule has 156 valence electrons. The third kappa shape index (κ3) is 8.28. The van der Waals surface area contributed by atoms with Crippen LogP contribution in [0.1, 0.15) is 102 Å². The van der Waals surface area contributed by atoms with Crippen molar-refractivity contribution in [2.24, 2.45) is 5.92 Å². The smallest absolute Gasteiger partial charge is 0.222 e. The summed E-state index contributed by atoms with van der Waals surface area (Å²) < 4.78 is 4.93. The summed E-state index contributed by atoms with van der Waals surface area (Å²) in [6, 6.07) is 9.69. The number of anilines is 1. The number of carbonyl (C=O) groups excluding carboxylic acids is 1. The SMILES string of the molecule is CC(=O)c1ccc(C(C)(C)C)cc1.CCCC(CCC(C)C)c1cc(N)on1. The highest BCUT2D eigenvalue weighted by Gasteiger charge is 2.15. The molecule has 0 aliphatic carbocycles. The van der Waals surface area contributed by atoms with Gasteiger partial charge >= 0.3 is 0 Å². The van der Waals surface area contributed by atoms with E-state index in [9.17, 15) is 4.79 Å². The average Bonchev–Trinajstić information content (AvgIpc) is 3.04. The molecule has 4 nitrogen and oxygen atoms in total. The van der Waals surface area contributed by atoms with Crippen molar-refractivity contribution in [1.82, 2.24) is 5.16 Å². The fourth-order valence-electron chi connectivity index (χ4n) is 3.02. The van der Waals surface area contributed by atoms with Gasteiger partial charge in [0.2, 0.25) is 5.88 Å². The second-order valence-electron chi connectivity index (χ2n) is 8.99. The molecule has 0 amide bonds. The van der Waals surface area contributed by atoms with Gasteiger partial charge in [-0.3, -0.25) is 4.79 Å². The first-order valence-corrected chi connectivity index (χ1v) is 10.4. The molecule has 2 N–H and O–H groups in total. The molecule has 28 heavy (non-hydrogen) atoms. The summed E-state index contributed by atoms with van der Waals surface area (Å²) >= 11 is 0. The number of rotatable bonds is 7. The highest BCUT2D eigenvalue weighted by molar-refractivity contribution is 5.94. The van der Waals surface area contributed by atoms with E-state index < -0.39 is 0 Å². The maximum absolute atomic E-state index is 11.0. The molecule has 1 aromatic carbocycles. The van der Waals surface area contributed by atoms with Crippen molar-refractivity contribution >= 4 is 11.7 Å². The van der Waals surface area contributed by atoms with Gasteiger partial charge in [-0.05, 0) is 36.7 Å². The normalized spacial score (nSPS) is 12.4. The predicted molar refractivity (Wildman–Crippen MR) is 118 cm³/mol. The number of hydrogen-bond donors (Lipinski definition) is 1. The van der Waals surface area contributed by atoms with E-state index in [1.165, 1.54) is 31.2 Å². The average molecular weight is 387 g/mol. The summed E-state index contributed by atoms with van der Waals surface area (Å²) in [5.41, 5.74) is 8.77. The van der Waals surface area contributed by atoms with Crippen LogP contribution < -0.4 is 5.73 Å². The molecule has 0 saturated carbocycles. The maximum Gasteiger partial charge on any atom is 0.222 e. The van der Waals surface area contributed by atoms with Gasteiger partial charge in [0.15, 0.2) is 5.78 Å². The predicted octanol–water partition coefficient (Wildman–Crippen LogP) is 6.76. The molecular weight excluding hydrogens is 348 g/mol. The lowest BCUT2D eigenvalue weighted by Gasteiger charge is -2.18. The van der Waals surface area contributed by atoms with Gasteiger partial charge in [0.25, 0.3) is 0 Å². The minimum absolute atomic E-state index is 0.125. The van der Waals surface area contributed by atoms with E-state index in [4.69, 9.17) is 10.3 Å². The van der Waals surface area contributed by atoms with E-state index in [-0.39, 0.29) is 11.2 Å². The molecule has 1 unspecified atom stereocenters. The van der Waals surface area contributed by atoms with Crippen LogP contribution in [0.2, 0.25) is 0 Å². The van der Waals surface area contributed by atoms with Crippen molar-refractivity contribution < 1.29 is 9.32 Å². The van der Waals surface area contributed by atoms with Gasteiger partial charge in [0.05, 0.1) is 5.69 Å². The van der Waals surface area contributed by atoms with E-state index in [0.717, 1.165) is 17.2 Å². The third-order valence-corrected chi connectivity index (χ3v) is 4.85. The molecule has 1 aromatic heterocycles. The van der Waals surface area contributed by atoms with Crippen LogP contribution >= 0.6 is 0 Å². The van der Waals surface area contributed by atoms with Crippen LogP contribution in [0.15, 0.2) is 34.9 Å². The molecule has 4 heteroatoms. The third-order valence-electron chi connectivity index (χ3n) is 4.85. The van der Waals surface area contributed by atoms with Gasteiger partial charge in [0, 0.05) is 17.5 Å². The monoisotopic (exact) mass is 386 g/mol. The fourth-order valence-corrected chi connectivity index (χ4v) is 3.02. The van der Waals surface area contributed by atoms with Crippen molar-refractivity contribution in [2.75, 3.05) is 5.73 Å². The first-order chi connectivity index (χ1) is 13.0. The Bertz CT molecular complexity index is 709. The zero-order valence-corrected chi connectivity index (χ0v) is 18.7. The number of carbonyl (C=O) groups is 1. The summed E-state index contributed by atoms with van der Waals surface area (Å²) in [4.78, 5) is 11.0. The molecule has 0 bridgehead atoms. The number of hydrogen-bond acceptors (Lipinski definition) is 4. The standard InChI is InChI=1S/C12H22N2O.C12H16O/c1-4-5-10(7-6-9(2)3)11-8-12(13)15-14-11;1-9(13)10-5-7-11(8-6-10)12(2,3)4/h8-10H,4-7,13H2,1-3H3;5-8H,1-4H3. The summed E-state index contributed by atoms with van der Waals surface area (Å²) in [5.74, 6) is 1.81. The number of nitrogens with zero attached hydrogens (tertiary/aromatic N) is 1. The Kier molecular flexibility index (Phi) is 9.44. The molecule has 0 radical (unpaired) electrons. The van der Waals surface area contributed by atoms with E-state index >= 15 is 0 Å². The first-order valence-electron chi connectivity index (χ1n) is 10.4. The molecule has 2 aromatic rings. The number of benzene rings is 1. The first kappa shape index (κ1) is 23.9. The Balaban J connectivity index is 0.000000283. The number of nitrogens with two attached hydrogens (primary N) is 1. The molecule has 0 aliphatic rings. The zero-order valence-electron chi connectivity index (χ0n) is 18.7. The Hall–Kier alpha value is -2.10. The summed E-state index contributed by atoms with van der Waals surface area (Å²) in [7, 11) is 0. The lowest BCUT2D eigenvalue weighted by atomic mass is 9.86. The zero-order chi connectivity index (χ0) is 21.3. The Morgan fingerprint density at radius 3 is 2.11 bits per heavy atom. The summed E-state index contributed by atoms with van der Waals surface area (Å²) in [5, 5.41) is 4.01. The van der Waals surface area contributed by atoms with Gasteiger partial charge in [-0.15, -0.1) is 0 Å². The Morgan fingerprint density at radius 2 is 1.71 bits per heavy atom. The molecule has 1 atom stereocenters. The van der Waals surface area contributed by atoms with Gasteiger partial charge in [-0.1, -0.05) is 83.8 Å². The molecular formula is C24H38N2O2. The van der Waals surface area contributed by atoms with Crippen molar-refractivity contribution in [3.63, 3.8) is 0 Å². The van der Waals surface area contributed by atoms with E-state index in [2.05, 4.69) is 46.7 Å². The largest absolute Gasteiger partial charge is 0.368 e. The van der Waals surface area contributed by atoms with Crippen molar-refractivity contribution in [1.29, 1.82) is 0 Å². The van der Waals surface area contributed by atoms with Crippen LogP contribution in [-0.2, 0) is 5.41 Å². The number of aromatic nitrogens is 1. The van der Waals surface area contributed by atoms with Crippen LogP contribution in [-0.4, -0.2) is 10.9 Å². The van der Waals surface area contributed by atoms with Crippen molar-refractivity contribution in [3.05, 3.63) is 47.2 Å². The van der Waals surface area contributed by atoms with Gasteiger partial charge in [-0.25, -0.2) is 0 Å². The Labute approximate surface area is 170 Å². The highest BCUT2D eigenvalue weighted by atomic mass is 16.5. The van der Waals surface area contributed by atoms with Crippen LogP contribution in [0.25, 0.3) is 0 Å². The van der Waals surface area contributed by atoms with Gasteiger partial charge in [0.1, 0.15) is 0 Å². The van der Waals surface area contributed by atoms with Gasteiger partial charge < -0.3 is 10.3 Å². The topological polar surface area (TPSA) is 69.1 Å². The lowest BCUT2D eigenvalue weighted by molar-refractivity contribution is 0.101. The van der Waals surface area contributed by atoms with Crippen LogP contribution in [0, 0.1) is 5.92 Å². The summed E-state index contributed by atoms with van der Waals surface area (Å²) in [6.07, 6.45) is 4.75.